The number of nitrogens with zero attached hydrogens (tertiary/aromatic N) is 4. The molecule has 0 saturated carbocycles. The van der Waals surface area contributed by atoms with Gasteiger partial charge in [-0.25, -0.2) is 4.90 Å². The molecular weight excluding hydrogens is 324 g/mol. The lowest BCUT2D eigenvalue weighted by Gasteiger charge is -2.26. The molecular formula is C17H12N4O4. The molecule has 1 aliphatic rings. The highest BCUT2D eigenvalue weighted by atomic mass is 16.6. The van der Waals surface area contributed by atoms with Crippen molar-refractivity contribution in [3.63, 3.8) is 0 Å². The van der Waals surface area contributed by atoms with Gasteiger partial charge in [0.25, 0.3) is 17.5 Å². The van der Waals surface area contributed by atoms with Crippen molar-refractivity contribution in [3.05, 3.63) is 63.5 Å². The average Bonchev–Trinajstić information content (AvgIpc) is 2.90. The van der Waals surface area contributed by atoms with Gasteiger partial charge in [-0.05, 0) is 25.1 Å². The molecule has 8 nitrogen and oxygen atoms in total. The van der Waals surface area contributed by atoms with Crippen LogP contribution in [-0.2, 0) is 7.05 Å². The molecule has 0 N–H and O–H groups in total. The first kappa shape index (κ1) is 15.0. The molecule has 0 atom stereocenters. The summed E-state index contributed by atoms with van der Waals surface area (Å²) in [4.78, 5) is 37.7. The first-order valence-electron chi connectivity index (χ1n) is 7.49. The van der Waals surface area contributed by atoms with Crippen molar-refractivity contribution >= 4 is 34.0 Å². The Bertz CT molecular complexity index is 1080. The smallest absolute Gasteiger partial charge is 0.273 e. The fourth-order valence-electron chi connectivity index (χ4n) is 3.27. The summed E-state index contributed by atoms with van der Waals surface area (Å²) >= 11 is 0. The number of hydrogen-bond acceptors (Lipinski definition) is 5. The summed E-state index contributed by atoms with van der Waals surface area (Å²) in [6.07, 6.45) is 1.60. The van der Waals surface area contributed by atoms with Gasteiger partial charge in [-0.3, -0.25) is 24.4 Å². The third-order valence-electron chi connectivity index (χ3n) is 4.31. The second kappa shape index (κ2) is 4.97. The monoisotopic (exact) mass is 336 g/mol. The third kappa shape index (κ3) is 1.97. The highest BCUT2D eigenvalue weighted by Gasteiger charge is 2.36. The number of anilines is 1. The van der Waals surface area contributed by atoms with Gasteiger partial charge in [-0.15, -0.1) is 0 Å². The lowest BCUT2D eigenvalue weighted by atomic mass is 9.93. The van der Waals surface area contributed by atoms with Crippen molar-refractivity contribution in [2.24, 2.45) is 7.05 Å². The van der Waals surface area contributed by atoms with E-state index in [2.05, 4.69) is 5.10 Å². The van der Waals surface area contributed by atoms with Gasteiger partial charge >= 0.3 is 0 Å². The Hall–Kier alpha value is -3.55. The summed E-state index contributed by atoms with van der Waals surface area (Å²) < 4.78 is 1.52. The fraction of sp³-hybridized carbons (Fsp3) is 0.118. The molecule has 124 valence electrons. The number of rotatable bonds is 2. The fourth-order valence-corrected chi connectivity index (χ4v) is 3.27. The minimum Gasteiger partial charge on any atom is -0.273 e. The number of non-ortho nitro benzene ring substituents is 1. The normalized spacial score (nSPS) is 13.6. The molecule has 0 unspecified atom stereocenters. The molecule has 2 aromatic carbocycles. The van der Waals surface area contributed by atoms with E-state index in [4.69, 9.17) is 0 Å². The topological polar surface area (TPSA) is 98.3 Å². The largest absolute Gasteiger partial charge is 0.277 e. The molecule has 0 spiro atoms. The van der Waals surface area contributed by atoms with Crippen molar-refractivity contribution in [2.75, 3.05) is 4.90 Å². The zero-order chi connectivity index (χ0) is 17.9. The van der Waals surface area contributed by atoms with Gasteiger partial charge in [0, 0.05) is 35.8 Å². The Kier molecular flexibility index (Phi) is 2.98. The van der Waals surface area contributed by atoms with Crippen LogP contribution in [0.5, 0.6) is 0 Å². The SMILES string of the molecule is Cc1nn(C)cc1N1C(=O)c2cccc3c([N+](=O)[O-])ccc(c23)C1=O. The first-order chi connectivity index (χ1) is 11.9. The maximum atomic E-state index is 13.0. The van der Waals surface area contributed by atoms with Gasteiger partial charge in [-0.1, -0.05) is 6.07 Å². The lowest BCUT2D eigenvalue weighted by molar-refractivity contribution is -0.383. The van der Waals surface area contributed by atoms with Gasteiger partial charge in [0.05, 0.1) is 21.7 Å². The summed E-state index contributed by atoms with van der Waals surface area (Å²) in [6.45, 7) is 1.71. The minimum atomic E-state index is -0.518. The second-order valence-electron chi connectivity index (χ2n) is 5.84. The van der Waals surface area contributed by atoms with E-state index < -0.39 is 16.7 Å². The Morgan fingerprint density at radius 2 is 1.76 bits per heavy atom. The van der Waals surface area contributed by atoms with Crippen LogP contribution in [0.25, 0.3) is 10.8 Å². The van der Waals surface area contributed by atoms with E-state index in [1.807, 2.05) is 0 Å². The van der Waals surface area contributed by atoms with E-state index >= 15 is 0 Å². The Balaban J connectivity index is 2.02. The van der Waals surface area contributed by atoms with Crippen molar-refractivity contribution in [2.45, 2.75) is 6.92 Å². The van der Waals surface area contributed by atoms with Crippen LogP contribution in [-0.4, -0.2) is 26.5 Å². The molecule has 25 heavy (non-hydrogen) atoms. The number of carbonyl (C=O) groups is 2. The van der Waals surface area contributed by atoms with Gasteiger partial charge in [-0.2, -0.15) is 5.10 Å². The van der Waals surface area contributed by atoms with Crippen molar-refractivity contribution in [1.29, 1.82) is 0 Å². The molecule has 1 aromatic heterocycles. The average molecular weight is 336 g/mol. The minimum absolute atomic E-state index is 0.132. The maximum Gasteiger partial charge on any atom is 0.277 e. The van der Waals surface area contributed by atoms with E-state index in [0.717, 1.165) is 4.90 Å². The highest BCUT2D eigenvalue weighted by Crippen LogP contribution is 2.37. The number of aromatic nitrogens is 2. The number of amides is 2. The van der Waals surface area contributed by atoms with E-state index in [-0.39, 0.29) is 22.2 Å². The summed E-state index contributed by atoms with van der Waals surface area (Å²) in [5.74, 6) is -1.03. The predicted molar refractivity (Wildman–Crippen MR) is 89.7 cm³/mol. The molecule has 0 aliphatic carbocycles. The molecule has 3 aromatic rings. The van der Waals surface area contributed by atoms with Crippen LogP contribution in [0.2, 0.25) is 0 Å². The van der Waals surface area contributed by atoms with Crippen LogP contribution in [0.15, 0.2) is 36.5 Å². The number of nitro groups is 1. The summed E-state index contributed by atoms with van der Waals surface area (Å²) in [5, 5.41) is 16.0. The van der Waals surface area contributed by atoms with Crippen molar-refractivity contribution < 1.29 is 14.5 Å². The quantitative estimate of drug-likeness (QED) is 0.407. The third-order valence-corrected chi connectivity index (χ3v) is 4.31. The molecule has 8 heteroatoms. The van der Waals surface area contributed by atoms with Crippen LogP contribution in [0.1, 0.15) is 26.4 Å². The van der Waals surface area contributed by atoms with Crippen LogP contribution >= 0.6 is 0 Å². The molecule has 2 heterocycles. The summed E-state index contributed by atoms with van der Waals surface area (Å²) in [7, 11) is 1.70. The van der Waals surface area contributed by atoms with Crippen molar-refractivity contribution in [1.82, 2.24) is 9.78 Å². The van der Waals surface area contributed by atoms with Gasteiger partial charge in [0.1, 0.15) is 0 Å². The number of carbonyl (C=O) groups excluding carboxylic acids is 2. The highest BCUT2D eigenvalue weighted by molar-refractivity contribution is 6.36. The van der Waals surface area contributed by atoms with Crippen LogP contribution < -0.4 is 4.90 Å². The standard InChI is InChI=1S/C17H12N4O4/c1-9-14(8-19(2)18-9)20-16(22)11-5-3-4-10-13(21(24)25)7-6-12(15(10)11)17(20)23/h3-8H,1-2H3. The Labute approximate surface area is 141 Å². The number of aryl methyl sites for hydroxylation is 2. The zero-order valence-corrected chi connectivity index (χ0v) is 13.4. The lowest BCUT2D eigenvalue weighted by Crippen LogP contribution is -2.40. The Morgan fingerprint density at radius 1 is 1.08 bits per heavy atom. The number of imide groups is 1. The first-order valence-corrected chi connectivity index (χ1v) is 7.49. The second-order valence-corrected chi connectivity index (χ2v) is 5.84. The molecule has 0 bridgehead atoms. The summed E-state index contributed by atoms with van der Waals surface area (Å²) in [6, 6.07) is 7.40. The maximum absolute atomic E-state index is 13.0. The van der Waals surface area contributed by atoms with E-state index in [1.165, 1.54) is 16.8 Å². The molecule has 2 amide bonds. The molecule has 1 aliphatic heterocycles. The number of nitro benzene ring substituents is 1. The molecule has 0 fully saturated rings. The Morgan fingerprint density at radius 3 is 2.36 bits per heavy atom. The van der Waals surface area contributed by atoms with Crippen LogP contribution in [0, 0.1) is 17.0 Å². The van der Waals surface area contributed by atoms with Gasteiger partial charge in [0.2, 0.25) is 0 Å². The van der Waals surface area contributed by atoms with Gasteiger partial charge < -0.3 is 0 Å². The number of hydrogen-bond donors (Lipinski definition) is 0. The summed E-state index contributed by atoms with van der Waals surface area (Å²) in [5.41, 5.74) is 1.34. The van der Waals surface area contributed by atoms with Crippen molar-refractivity contribution in [3.8, 4) is 0 Å². The van der Waals surface area contributed by atoms with Gasteiger partial charge in [0.15, 0.2) is 0 Å². The van der Waals surface area contributed by atoms with Crippen LogP contribution in [0.4, 0.5) is 11.4 Å². The molecule has 0 saturated heterocycles. The predicted octanol–water partition coefficient (Wildman–Crippen LogP) is 2.59. The number of benzene rings is 2. The molecule has 0 radical (unpaired) electrons. The van der Waals surface area contributed by atoms with Crippen LogP contribution in [0.3, 0.4) is 0 Å². The van der Waals surface area contributed by atoms with E-state index in [0.29, 0.717) is 16.8 Å². The zero-order valence-electron chi connectivity index (χ0n) is 13.4. The molecule has 4 rings (SSSR count). The van der Waals surface area contributed by atoms with E-state index in [9.17, 15) is 19.7 Å². The van der Waals surface area contributed by atoms with E-state index in [1.54, 1.807) is 38.4 Å².